The monoisotopic (exact) mass is 255 g/mol. The Morgan fingerprint density at radius 1 is 1.35 bits per heavy atom. The van der Waals surface area contributed by atoms with Gasteiger partial charge in [0.25, 0.3) is 5.89 Å². The molecule has 2 heterocycles. The van der Waals surface area contributed by atoms with Crippen LogP contribution in [-0.4, -0.2) is 10.1 Å². The van der Waals surface area contributed by atoms with Gasteiger partial charge in [-0.05, 0) is 29.1 Å². The second-order valence-electron chi connectivity index (χ2n) is 4.91. The minimum absolute atomic E-state index is 0.137. The predicted octanol–water partition coefficient (Wildman–Crippen LogP) is 3.03. The zero-order valence-electron chi connectivity index (χ0n) is 9.90. The summed E-state index contributed by atoms with van der Waals surface area (Å²) in [5, 5.41) is 4.13. The first-order chi connectivity index (χ1) is 7.88. The van der Waals surface area contributed by atoms with Crippen LogP contribution in [0.1, 0.15) is 32.6 Å². The van der Waals surface area contributed by atoms with Crippen molar-refractivity contribution in [1.29, 1.82) is 0 Å². The third kappa shape index (κ3) is 2.50. The molecule has 17 heavy (non-hydrogen) atoms. The van der Waals surface area contributed by atoms with Gasteiger partial charge >= 0.3 is 0 Å². The molecule has 1 unspecified atom stereocenters. The summed E-state index contributed by atoms with van der Waals surface area (Å²) in [4.78, 5) is 4.21. The van der Waals surface area contributed by atoms with Crippen LogP contribution in [0.5, 0.6) is 0 Å². The van der Waals surface area contributed by atoms with Crippen LogP contribution in [0, 0.1) is 5.41 Å². The molecule has 0 radical (unpaired) electrons. The van der Waals surface area contributed by atoms with Crippen LogP contribution in [0.15, 0.2) is 21.1 Å². The molecular weight excluding hydrogens is 242 g/mol. The molecule has 2 aromatic rings. The van der Waals surface area contributed by atoms with Gasteiger partial charge in [-0.1, -0.05) is 25.9 Å². The minimum Gasteiger partial charge on any atom is -0.440 e. The van der Waals surface area contributed by atoms with Crippen molar-refractivity contribution < 1.29 is 8.94 Å². The summed E-state index contributed by atoms with van der Waals surface area (Å²) < 4.78 is 10.3. The first-order valence-corrected chi connectivity index (χ1v) is 5.60. The summed E-state index contributed by atoms with van der Waals surface area (Å²) in [5.74, 6) is 1.18. The van der Waals surface area contributed by atoms with Gasteiger partial charge in [0.2, 0.25) is 0 Å². The Balaban J connectivity index is 2.28. The summed E-state index contributed by atoms with van der Waals surface area (Å²) in [5.41, 5.74) is 5.89. The van der Waals surface area contributed by atoms with Crippen molar-refractivity contribution in [2.45, 2.75) is 26.8 Å². The molecule has 1 atom stereocenters. The molecule has 0 bridgehead atoms. The lowest BCUT2D eigenvalue weighted by Gasteiger charge is -2.23. The van der Waals surface area contributed by atoms with Gasteiger partial charge in [0.1, 0.15) is 0 Å². The Morgan fingerprint density at radius 2 is 2.06 bits per heavy atom. The van der Waals surface area contributed by atoms with E-state index in [1.54, 1.807) is 12.1 Å². The number of nitrogens with two attached hydrogens (primary N) is 1. The molecule has 0 amide bonds. The lowest BCUT2D eigenvalue weighted by Crippen LogP contribution is -2.27. The molecule has 2 aromatic heterocycles. The Hall–Kier alpha value is -1.33. The van der Waals surface area contributed by atoms with Crippen molar-refractivity contribution in [1.82, 2.24) is 10.1 Å². The van der Waals surface area contributed by atoms with Gasteiger partial charge in [-0.3, -0.25) is 0 Å². The molecule has 2 N–H and O–H groups in total. The van der Waals surface area contributed by atoms with E-state index in [2.05, 4.69) is 10.1 Å². The summed E-state index contributed by atoms with van der Waals surface area (Å²) in [6, 6.07) is 2.98. The first kappa shape index (κ1) is 12.1. The SMILES string of the molecule is CC(C)(C)C(N)c1noc(-c2ccc(Cl)o2)n1. The third-order valence-electron chi connectivity index (χ3n) is 2.44. The Morgan fingerprint density at radius 3 is 2.59 bits per heavy atom. The largest absolute Gasteiger partial charge is 0.440 e. The molecule has 92 valence electrons. The first-order valence-electron chi connectivity index (χ1n) is 5.23. The van der Waals surface area contributed by atoms with Crippen LogP contribution in [0.4, 0.5) is 0 Å². The molecule has 0 spiro atoms. The van der Waals surface area contributed by atoms with Crippen molar-refractivity contribution in [2.75, 3.05) is 0 Å². The minimum atomic E-state index is -0.301. The second-order valence-corrected chi connectivity index (χ2v) is 5.28. The quantitative estimate of drug-likeness (QED) is 0.892. The van der Waals surface area contributed by atoms with Crippen molar-refractivity contribution in [3.05, 3.63) is 23.2 Å². The summed E-state index contributed by atoms with van der Waals surface area (Å²) in [7, 11) is 0. The number of hydrogen-bond acceptors (Lipinski definition) is 5. The normalized spacial score (nSPS) is 13.9. The van der Waals surface area contributed by atoms with E-state index in [9.17, 15) is 0 Å². The second kappa shape index (κ2) is 4.16. The molecule has 0 fully saturated rings. The van der Waals surface area contributed by atoms with Crippen LogP contribution in [0.25, 0.3) is 11.7 Å². The van der Waals surface area contributed by atoms with Gasteiger partial charge in [0, 0.05) is 0 Å². The molecule has 5 nitrogen and oxygen atoms in total. The van der Waals surface area contributed by atoms with Crippen molar-refractivity contribution in [3.63, 3.8) is 0 Å². The molecular formula is C11H14ClN3O2. The van der Waals surface area contributed by atoms with E-state index in [1.165, 1.54) is 0 Å². The molecule has 0 aromatic carbocycles. The molecule has 0 aliphatic heterocycles. The maximum Gasteiger partial charge on any atom is 0.293 e. The van der Waals surface area contributed by atoms with Crippen LogP contribution < -0.4 is 5.73 Å². The fourth-order valence-electron chi connectivity index (χ4n) is 1.28. The highest BCUT2D eigenvalue weighted by molar-refractivity contribution is 6.28. The van der Waals surface area contributed by atoms with E-state index in [-0.39, 0.29) is 22.6 Å². The standard InChI is InChI=1S/C11H14ClN3O2/c1-11(2,3)8(13)9-14-10(17-15-9)6-4-5-7(12)16-6/h4-5,8H,13H2,1-3H3. The van der Waals surface area contributed by atoms with E-state index >= 15 is 0 Å². The van der Waals surface area contributed by atoms with Crippen molar-refractivity contribution in [2.24, 2.45) is 11.1 Å². The third-order valence-corrected chi connectivity index (χ3v) is 2.64. The van der Waals surface area contributed by atoms with E-state index in [4.69, 9.17) is 26.3 Å². The van der Waals surface area contributed by atoms with Gasteiger partial charge in [0.15, 0.2) is 16.8 Å². The van der Waals surface area contributed by atoms with E-state index < -0.39 is 0 Å². The van der Waals surface area contributed by atoms with Gasteiger partial charge < -0.3 is 14.7 Å². The van der Waals surface area contributed by atoms with Crippen LogP contribution in [0.2, 0.25) is 5.22 Å². The molecule has 0 saturated carbocycles. The topological polar surface area (TPSA) is 78.1 Å². The fourth-order valence-corrected chi connectivity index (χ4v) is 1.42. The summed E-state index contributed by atoms with van der Waals surface area (Å²) >= 11 is 5.67. The summed E-state index contributed by atoms with van der Waals surface area (Å²) in [6.07, 6.45) is 0. The molecule has 6 heteroatoms. The Labute approximate surface area is 104 Å². The number of furan rings is 1. The fraction of sp³-hybridized carbons (Fsp3) is 0.455. The maximum atomic E-state index is 6.03. The highest BCUT2D eigenvalue weighted by Crippen LogP contribution is 2.30. The average molecular weight is 256 g/mol. The van der Waals surface area contributed by atoms with Crippen LogP contribution in [0.3, 0.4) is 0 Å². The molecule has 0 aliphatic carbocycles. The predicted molar refractivity (Wildman–Crippen MR) is 63.4 cm³/mol. The lowest BCUT2D eigenvalue weighted by molar-refractivity contribution is 0.303. The highest BCUT2D eigenvalue weighted by atomic mass is 35.5. The lowest BCUT2D eigenvalue weighted by atomic mass is 9.87. The van der Waals surface area contributed by atoms with Crippen LogP contribution >= 0.6 is 11.6 Å². The Bertz CT molecular complexity index is 513. The van der Waals surface area contributed by atoms with Gasteiger partial charge in [-0.15, -0.1) is 0 Å². The highest BCUT2D eigenvalue weighted by Gasteiger charge is 2.27. The van der Waals surface area contributed by atoms with Crippen molar-refractivity contribution >= 4 is 11.6 Å². The molecule has 0 aliphatic rings. The van der Waals surface area contributed by atoms with Crippen molar-refractivity contribution in [3.8, 4) is 11.7 Å². The maximum absolute atomic E-state index is 6.03. The summed E-state index contributed by atoms with van der Waals surface area (Å²) in [6.45, 7) is 6.03. The van der Waals surface area contributed by atoms with Gasteiger partial charge in [0.05, 0.1) is 6.04 Å². The van der Waals surface area contributed by atoms with E-state index in [0.29, 0.717) is 11.6 Å². The number of halogens is 1. The Kier molecular flexibility index (Phi) is 2.97. The number of rotatable bonds is 2. The zero-order valence-corrected chi connectivity index (χ0v) is 10.7. The zero-order chi connectivity index (χ0) is 12.6. The number of hydrogen-bond donors (Lipinski definition) is 1. The van der Waals surface area contributed by atoms with E-state index in [1.807, 2.05) is 20.8 Å². The average Bonchev–Trinajstić information content (AvgIpc) is 2.83. The number of nitrogens with zero attached hydrogens (tertiary/aromatic N) is 2. The molecule has 0 saturated heterocycles. The van der Waals surface area contributed by atoms with Crippen LogP contribution in [-0.2, 0) is 0 Å². The van der Waals surface area contributed by atoms with E-state index in [0.717, 1.165) is 0 Å². The number of aromatic nitrogens is 2. The smallest absolute Gasteiger partial charge is 0.293 e. The van der Waals surface area contributed by atoms with Gasteiger partial charge in [-0.25, -0.2) is 0 Å². The van der Waals surface area contributed by atoms with Gasteiger partial charge in [-0.2, -0.15) is 4.98 Å². The molecule has 2 rings (SSSR count).